The van der Waals surface area contributed by atoms with Crippen LogP contribution >= 0.6 is 0 Å². The molecule has 1 atom stereocenters. The van der Waals surface area contributed by atoms with E-state index in [2.05, 4.69) is 5.32 Å². The van der Waals surface area contributed by atoms with Crippen molar-refractivity contribution in [2.75, 3.05) is 6.54 Å². The van der Waals surface area contributed by atoms with Gasteiger partial charge >= 0.3 is 5.97 Å². The summed E-state index contributed by atoms with van der Waals surface area (Å²) in [7, 11) is 0. The molecule has 1 saturated carbocycles. The van der Waals surface area contributed by atoms with Crippen LogP contribution in [0.4, 0.5) is 0 Å². The molecule has 3 N–H and O–H groups in total. The number of nitrogens with one attached hydrogen (secondary N) is 1. The number of carbonyl (C=O) groups excluding carboxylic acids is 1. The van der Waals surface area contributed by atoms with Crippen molar-refractivity contribution < 1.29 is 19.8 Å². The van der Waals surface area contributed by atoms with Gasteiger partial charge in [-0.3, -0.25) is 9.59 Å². The van der Waals surface area contributed by atoms with Crippen LogP contribution in [-0.4, -0.2) is 34.7 Å². The van der Waals surface area contributed by atoms with Gasteiger partial charge in [0.1, 0.15) is 0 Å². The lowest BCUT2D eigenvalue weighted by Crippen LogP contribution is -2.39. The fourth-order valence-electron chi connectivity index (χ4n) is 2.90. The molecule has 1 aliphatic rings. The molecule has 1 amide bonds. The number of carbonyl (C=O) groups is 2. The molecule has 0 aromatic heterocycles. The highest BCUT2D eigenvalue weighted by molar-refractivity contribution is 5.85. The molecular formula is C15H27NO4. The van der Waals surface area contributed by atoms with Crippen molar-refractivity contribution >= 4 is 11.9 Å². The lowest BCUT2D eigenvalue weighted by atomic mass is 9.82. The van der Waals surface area contributed by atoms with Gasteiger partial charge in [-0.05, 0) is 24.7 Å². The van der Waals surface area contributed by atoms with Crippen LogP contribution in [0.3, 0.4) is 0 Å². The monoisotopic (exact) mass is 285 g/mol. The molecule has 5 heteroatoms. The maximum atomic E-state index is 11.9. The molecule has 0 aliphatic heterocycles. The minimum Gasteiger partial charge on any atom is -0.481 e. The largest absolute Gasteiger partial charge is 0.481 e. The lowest BCUT2D eigenvalue weighted by Gasteiger charge is -2.25. The molecular weight excluding hydrogens is 258 g/mol. The van der Waals surface area contributed by atoms with Crippen LogP contribution in [0.25, 0.3) is 0 Å². The minimum atomic E-state index is -0.890. The highest BCUT2D eigenvalue weighted by atomic mass is 16.4. The number of amides is 1. The maximum absolute atomic E-state index is 11.9. The fourth-order valence-corrected chi connectivity index (χ4v) is 2.90. The van der Waals surface area contributed by atoms with E-state index < -0.39 is 17.5 Å². The van der Waals surface area contributed by atoms with E-state index in [1.54, 1.807) is 0 Å². The number of aliphatic carboxylic acids is 1. The van der Waals surface area contributed by atoms with Crippen molar-refractivity contribution in [3.63, 3.8) is 0 Å². The Balaban J connectivity index is 2.42. The molecule has 5 nitrogen and oxygen atoms in total. The third-order valence-corrected chi connectivity index (χ3v) is 3.90. The van der Waals surface area contributed by atoms with Crippen molar-refractivity contribution in [3.05, 3.63) is 0 Å². The van der Waals surface area contributed by atoms with Crippen LogP contribution in [0.1, 0.15) is 59.3 Å². The standard InChI is InChI=1S/C15H27NO4/c1-14(2,3)8-11(17)10-16-12(18)9-15(13(19)20)6-4-5-7-15/h11,17H,4-10H2,1-3H3,(H,16,18)(H,19,20). The van der Waals surface area contributed by atoms with E-state index in [4.69, 9.17) is 0 Å². The smallest absolute Gasteiger partial charge is 0.310 e. The van der Waals surface area contributed by atoms with Crippen LogP contribution in [0.2, 0.25) is 0 Å². The Labute approximate surface area is 120 Å². The first-order valence-electron chi connectivity index (χ1n) is 7.33. The Kier molecular flexibility index (Phi) is 5.57. The molecule has 0 aromatic rings. The second-order valence-corrected chi connectivity index (χ2v) is 7.19. The highest BCUT2D eigenvalue weighted by Crippen LogP contribution is 2.41. The zero-order valence-corrected chi connectivity index (χ0v) is 12.7. The quantitative estimate of drug-likeness (QED) is 0.696. The normalized spacial score (nSPS) is 19.6. The first-order chi connectivity index (χ1) is 9.15. The molecule has 0 spiro atoms. The number of carboxylic acid groups (broad SMARTS) is 1. The summed E-state index contributed by atoms with van der Waals surface area (Å²) in [6, 6.07) is 0. The third kappa shape index (κ3) is 5.12. The van der Waals surface area contributed by atoms with Gasteiger partial charge in [0.2, 0.25) is 5.91 Å². The Bertz CT molecular complexity index is 353. The van der Waals surface area contributed by atoms with E-state index in [0.29, 0.717) is 19.3 Å². The van der Waals surface area contributed by atoms with Gasteiger partial charge < -0.3 is 15.5 Å². The molecule has 0 radical (unpaired) electrons. The molecule has 0 aromatic carbocycles. The van der Waals surface area contributed by atoms with Crippen molar-refractivity contribution in [1.82, 2.24) is 5.32 Å². The SMILES string of the molecule is CC(C)(C)CC(O)CNC(=O)CC1(C(=O)O)CCCC1. The summed E-state index contributed by atoms with van der Waals surface area (Å²) in [5, 5.41) is 21.8. The number of aliphatic hydroxyl groups excluding tert-OH is 1. The Hall–Kier alpha value is -1.10. The lowest BCUT2D eigenvalue weighted by molar-refractivity contribution is -0.151. The zero-order chi connectivity index (χ0) is 15.4. The van der Waals surface area contributed by atoms with Crippen molar-refractivity contribution in [3.8, 4) is 0 Å². The van der Waals surface area contributed by atoms with E-state index >= 15 is 0 Å². The molecule has 1 rings (SSSR count). The summed E-state index contributed by atoms with van der Waals surface area (Å²) < 4.78 is 0. The van der Waals surface area contributed by atoms with E-state index in [9.17, 15) is 19.8 Å². The molecule has 0 bridgehead atoms. The Morgan fingerprint density at radius 2 is 1.80 bits per heavy atom. The number of aliphatic hydroxyl groups is 1. The summed E-state index contributed by atoms with van der Waals surface area (Å²) in [6.45, 7) is 6.26. The number of hydrogen-bond acceptors (Lipinski definition) is 3. The predicted octanol–water partition coefficient (Wildman–Crippen LogP) is 1.93. The van der Waals surface area contributed by atoms with E-state index in [1.165, 1.54) is 0 Å². The molecule has 0 saturated heterocycles. The van der Waals surface area contributed by atoms with Crippen LogP contribution < -0.4 is 5.32 Å². The van der Waals surface area contributed by atoms with Gasteiger partial charge in [0, 0.05) is 13.0 Å². The van der Waals surface area contributed by atoms with Gasteiger partial charge in [0.05, 0.1) is 11.5 Å². The van der Waals surface area contributed by atoms with Gasteiger partial charge in [0.15, 0.2) is 0 Å². The van der Waals surface area contributed by atoms with E-state index in [-0.39, 0.29) is 24.3 Å². The minimum absolute atomic E-state index is 0.00210. The number of carboxylic acids is 1. The Morgan fingerprint density at radius 1 is 1.25 bits per heavy atom. The second-order valence-electron chi connectivity index (χ2n) is 7.19. The maximum Gasteiger partial charge on any atom is 0.310 e. The molecule has 1 unspecified atom stereocenters. The molecule has 116 valence electrons. The van der Waals surface area contributed by atoms with Crippen molar-refractivity contribution in [2.45, 2.75) is 65.4 Å². The van der Waals surface area contributed by atoms with Crippen molar-refractivity contribution in [2.24, 2.45) is 10.8 Å². The first kappa shape index (κ1) is 17.0. The summed E-state index contributed by atoms with van der Waals surface area (Å²) in [5.74, 6) is -1.15. The number of hydrogen-bond donors (Lipinski definition) is 3. The van der Waals surface area contributed by atoms with E-state index in [0.717, 1.165) is 12.8 Å². The second kappa shape index (κ2) is 6.57. The number of rotatable bonds is 6. The molecule has 20 heavy (non-hydrogen) atoms. The van der Waals surface area contributed by atoms with Crippen LogP contribution in [0.15, 0.2) is 0 Å². The molecule has 1 fully saturated rings. The summed E-state index contributed by atoms with van der Waals surface area (Å²) in [6.07, 6.45) is 2.89. The van der Waals surface area contributed by atoms with Crippen LogP contribution in [0.5, 0.6) is 0 Å². The van der Waals surface area contributed by atoms with Crippen LogP contribution in [0, 0.1) is 10.8 Å². The summed E-state index contributed by atoms with van der Waals surface area (Å²) in [5.41, 5.74) is -0.892. The van der Waals surface area contributed by atoms with Gasteiger partial charge in [0.25, 0.3) is 0 Å². The van der Waals surface area contributed by atoms with Gasteiger partial charge in [-0.25, -0.2) is 0 Å². The highest BCUT2D eigenvalue weighted by Gasteiger charge is 2.42. The van der Waals surface area contributed by atoms with Gasteiger partial charge in [-0.2, -0.15) is 0 Å². The summed E-state index contributed by atoms with van der Waals surface area (Å²) >= 11 is 0. The average molecular weight is 285 g/mol. The third-order valence-electron chi connectivity index (χ3n) is 3.90. The average Bonchev–Trinajstić information content (AvgIpc) is 2.74. The zero-order valence-electron chi connectivity index (χ0n) is 12.7. The Morgan fingerprint density at radius 3 is 2.25 bits per heavy atom. The predicted molar refractivity (Wildman–Crippen MR) is 76.2 cm³/mol. The first-order valence-corrected chi connectivity index (χ1v) is 7.33. The molecule has 1 aliphatic carbocycles. The van der Waals surface area contributed by atoms with Gasteiger partial charge in [-0.1, -0.05) is 33.6 Å². The summed E-state index contributed by atoms with van der Waals surface area (Å²) in [4.78, 5) is 23.2. The fraction of sp³-hybridized carbons (Fsp3) is 0.867. The van der Waals surface area contributed by atoms with Gasteiger partial charge in [-0.15, -0.1) is 0 Å². The molecule has 0 heterocycles. The topological polar surface area (TPSA) is 86.6 Å². The van der Waals surface area contributed by atoms with E-state index in [1.807, 2.05) is 20.8 Å². The van der Waals surface area contributed by atoms with Crippen LogP contribution in [-0.2, 0) is 9.59 Å². The van der Waals surface area contributed by atoms with Crippen molar-refractivity contribution in [1.29, 1.82) is 0 Å².